The average molecular weight is 337 g/mol. The largest absolute Gasteiger partial charge is 0.497 e. The maximum atomic E-state index is 12.7. The quantitative estimate of drug-likeness (QED) is 0.748. The molecule has 0 saturated heterocycles. The summed E-state index contributed by atoms with van der Waals surface area (Å²) in [6.45, 7) is 3.74. The van der Waals surface area contributed by atoms with Crippen molar-refractivity contribution in [3.63, 3.8) is 0 Å². The zero-order chi connectivity index (χ0) is 17.8. The molecule has 6 nitrogen and oxygen atoms in total. The van der Waals surface area contributed by atoms with Crippen LogP contribution in [-0.2, 0) is 4.79 Å². The van der Waals surface area contributed by atoms with Crippen molar-refractivity contribution in [2.45, 2.75) is 12.5 Å². The summed E-state index contributed by atoms with van der Waals surface area (Å²) in [4.78, 5) is 24.7. The number of anilines is 3. The third-order valence-electron chi connectivity index (χ3n) is 3.93. The van der Waals surface area contributed by atoms with Gasteiger partial charge in [-0.1, -0.05) is 18.2 Å². The number of para-hydroxylation sites is 1. The first kappa shape index (κ1) is 16.6. The number of ether oxygens (including phenoxy) is 1. The lowest BCUT2D eigenvalue weighted by Crippen LogP contribution is -2.21. The van der Waals surface area contributed by atoms with E-state index in [1.807, 2.05) is 0 Å². The molecule has 25 heavy (non-hydrogen) atoms. The van der Waals surface area contributed by atoms with E-state index in [-0.39, 0.29) is 24.3 Å². The highest BCUT2D eigenvalue weighted by Crippen LogP contribution is 2.31. The highest BCUT2D eigenvalue weighted by Gasteiger charge is 2.23. The number of carbonyl (C=O) groups is 2. The van der Waals surface area contributed by atoms with Gasteiger partial charge in [0, 0.05) is 11.8 Å². The molecule has 3 N–H and O–H groups in total. The predicted octanol–water partition coefficient (Wildman–Crippen LogP) is 3.26. The Kier molecular flexibility index (Phi) is 4.70. The van der Waals surface area contributed by atoms with Crippen LogP contribution in [0.4, 0.5) is 17.1 Å². The van der Waals surface area contributed by atoms with Crippen molar-refractivity contribution in [3.8, 4) is 5.75 Å². The minimum atomic E-state index is -0.281. The molecule has 0 radical (unpaired) electrons. The van der Waals surface area contributed by atoms with E-state index in [4.69, 9.17) is 4.74 Å². The summed E-state index contributed by atoms with van der Waals surface area (Å²) in [5, 5.41) is 8.88. The highest BCUT2D eigenvalue weighted by atomic mass is 16.5. The molecule has 2 amide bonds. The van der Waals surface area contributed by atoms with Gasteiger partial charge in [0.05, 0.1) is 36.5 Å². The molecule has 2 aromatic carbocycles. The van der Waals surface area contributed by atoms with E-state index in [0.717, 1.165) is 0 Å². The number of nitrogens with one attached hydrogen (secondary N) is 3. The van der Waals surface area contributed by atoms with Crippen LogP contribution in [0.5, 0.6) is 5.75 Å². The maximum absolute atomic E-state index is 12.7. The van der Waals surface area contributed by atoms with Gasteiger partial charge in [0.25, 0.3) is 5.91 Å². The standard InChI is InChI=1S/C19H19N3O3/c1-3-12-11-17(23)22-16-9-5-8-15(18(16)20-12)19(24)21-13-6-4-7-14(10-13)25-2/h3-10,12,20H,1,11H2,2H3,(H,21,24)(H,22,23)/t12-/m1/s1. The number of benzene rings is 2. The van der Waals surface area contributed by atoms with Gasteiger partial charge in [0.2, 0.25) is 5.91 Å². The van der Waals surface area contributed by atoms with Crippen molar-refractivity contribution < 1.29 is 14.3 Å². The zero-order valence-corrected chi connectivity index (χ0v) is 13.8. The third kappa shape index (κ3) is 3.63. The predicted molar refractivity (Wildman–Crippen MR) is 98.2 cm³/mol. The molecule has 0 saturated carbocycles. The average Bonchev–Trinajstić information content (AvgIpc) is 2.79. The Bertz CT molecular complexity index is 832. The number of amides is 2. The normalized spacial score (nSPS) is 15.9. The van der Waals surface area contributed by atoms with E-state index in [9.17, 15) is 9.59 Å². The van der Waals surface area contributed by atoms with Crippen LogP contribution in [0.1, 0.15) is 16.8 Å². The van der Waals surface area contributed by atoms with Gasteiger partial charge in [-0.2, -0.15) is 0 Å². The highest BCUT2D eigenvalue weighted by molar-refractivity contribution is 6.11. The van der Waals surface area contributed by atoms with Gasteiger partial charge < -0.3 is 20.7 Å². The lowest BCUT2D eigenvalue weighted by Gasteiger charge is -2.16. The SMILES string of the molecule is C=C[C@@H]1CC(=O)Nc2cccc(C(=O)Nc3cccc(OC)c3)c2N1. The number of fused-ring (bicyclic) bond motifs is 1. The molecule has 1 atom stereocenters. The lowest BCUT2D eigenvalue weighted by atomic mass is 10.1. The molecule has 0 spiro atoms. The van der Waals surface area contributed by atoms with E-state index >= 15 is 0 Å². The first-order chi connectivity index (χ1) is 12.1. The molecular weight excluding hydrogens is 318 g/mol. The van der Waals surface area contributed by atoms with Crippen LogP contribution in [0.25, 0.3) is 0 Å². The number of rotatable bonds is 4. The van der Waals surface area contributed by atoms with Crippen LogP contribution < -0.4 is 20.7 Å². The van der Waals surface area contributed by atoms with E-state index < -0.39 is 0 Å². The molecule has 6 heteroatoms. The summed E-state index contributed by atoms with van der Waals surface area (Å²) < 4.78 is 5.17. The molecule has 1 aliphatic heterocycles. The van der Waals surface area contributed by atoms with Crippen molar-refractivity contribution in [1.29, 1.82) is 0 Å². The zero-order valence-electron chi connectivity index (χ0n) is 13.8. The molecule has 3 rings (SSSR count). The lowest BCUT2D eigenvalue weighted by molar-refractivity contribution is -0.116. The summed E-state index contributed by atoms with van der Waals surface area (Å²) in [6, 6.07) is 12.1. The molecule has 1 heterocycles. The van der Waals surface area contributed by atoms with Crippen LogP contribution >= 0.6 is 0 Å². The first-order valence-electron chi connectivity index (χ1n) is 7.88. The molecule has 2 aromatic rings. The van der Waals surface area contributed by atoms with Crippen molar-refractivity contribution in [2.75, 3.05) is 23.1 Å². The Balaban J connectivity index is 1.92. The Labute approximate surface area is 145 Å². The molecule has 1 aliphatic rings. The number of carbonyl (C=O) groups excluding carboxylic acids is 2. The van der Waals surface area contributed by atoms with Crippen molar-refractivity contribution in [1.82, 2.24) is 0 Å². The van der Waals surface area contributed by atoms with Crippen LogP contribution in [0.15, 0.2) is 55.1 Å². The number of methoxy groups -OCH3 is 1. The summed E-state index contributed by atoms with van der Waals surface area (Å²) >= 11 is 0. The van der Waals surface area contributed by atoms with Gasteiger partial charge in [0.1, 0.15) is 5.75 Å². The summed E-state index contributed by atoms with van der Waals surface area (Å²) in [5.41, 5.74) is 2.22. The summed E-state index contributed by atoms with van der Waals surface area (Å²) in [7, 11) is 1.57. The van der Waals surface area contributed by atoms with Crippen molar-refractivity contribution >= 4 is 28.9 Å². The number of hydrogen-bond acceptors (Lipinski definition) is 4. The topological polar surface area (TPSA) is 79.5 Å². The van der Waals surface area contributed by atoms with E-state index in [1.165, 1.54) is 0 Å². The van der Waals surface area contributed by atoms with E-state index in [0.29, 0.717) is 28.4 Å². The van der Waals surface area contributed by atoms with E-state index in [2.05, 4.69) is 22.5 Å². The Morgan fingerprint density at radius 3 is 2.88 bits per heavy atom. The minimum Gasteiger partial charge on any atom is -0.497 e. The van der Waals surface area contributed by atoms with Gasteiger partial charge in [-0.3, -0.25) is 9.59 Å². The molecule has 128 valence electrons. The fraction of sp³-hybridized carbons (Fsp3) is 0.158. The minimum absolute atomic E-state index is 0.124. The molecule has 0 fully saturated rings. The van der Waals surface area contributed by atoms with Crippen LogP contribution in [0, 0.1) is 0 Å². The van der Waals surface area contributed by atoms with Crippen LogP contribution in [0.2, 0.25) is 0 Å². The summed E-state index contributed by atoms with van der Waals surface area (Å²) in [5.74, 6) is 0.250. The Hall–Kier alpha value is -3.28. The second-order valence-electron chi connectivity index (χ2n) is 5.65. The van der Waals surface area contributed by atoms with Crippen LogP contribution in [-0.4, -0.2) is 25.0 Å². The molecule has 0 unspecified atom stereocenters. The maximum Gasteiger partial charge on any atom is 0.257 e. The molecular formula is C19H19N3O3. The molecule has 0 bridgehead atoms. The fourth-order valence-electron chi connectivity index (χ4n) is 2.68. The van der Waals surface area contributed by atoms with Crippen molar-refractivity contribution in [2.24, 2.45) is 0 Å². The second kappa shape index (κ2) is 7.09. The smallest absolute Gasteiger partial charge is 0.257 e. The van der Waals surface area contributed by atoms with Gasteiger partial charge in [0.15, 0.2) is 0 Å². The molecule has 0 aliphatic carbocycles. The Morgan fingerprint density at radius 1 is 1.32 bits per heavy atom. The van der Waals surface area contributed by atoms with E-state index in [1.54, 1.807) is 55.7 Å². The van der Waals surface area contributed by atoms with Gasteiger partial charge in [-0.25, -0.2) is 0 Å². The Morgan fingerprint density at radius 2 is 2.12 bits per heavy atom. The third-order valence-corrected chi connectivity index (χ3v) is 3.93. The van der Waals surface area contributed by atoms with Gasteiger partial charge >= 0.3 is 0 Å². The first-order valence-corrected chi connectivity index (χ1v) is 7.88. The monoisotopic (exact) mass is 337 g/mol. The summed E-state index contributed by atoms with van der Waals surface area (Å²) in [6.07, 6.45) is 1.92. The van der Waals surface area contributed by atoms with Crippen molar-refractivity contribution in [3.05, 3.63) is 60.7 Å². The number of hydrogen-bond donors (Lipinski definition) is 3. The fourth-order valence-corrected chi connectivity index (χ4v) is 2.68. The van der Waals surface area contributed by atoms with Crippen LogP contribution in [0.3, 0.4) is 0 Å². The second-order valence-corrected chi connectivity index (χ2v) is 5.65. The van der Waals surface area contributed by atoms with Gasteiger partial charge in [-0.05, 0) is 24.3 Å². The van der Waals surface area contributed by atoms with Gasteiger partial charge in [-0.15, -0.1) is 6.58 Å². The molecule has 0 aromatic heterocycles.